The predicted octanol–water partition coefficient (Wildman–Crippen LogP) is 4.18. The number of carbonyl (C=O) groups is 1. The first kappa shape index (κ1) is 19.0. The van der Waals surface area contributed by atoms with Crippen LogP contribution < -0.4 is 5.73 Å². The zero-order valence-corrected chi connectivity index (χ0v) is 16.1. The topological polar surface area (TPSA) is 125 Å². The van der Waals surface area contributed by atoms with Crippen LogP contribution in [-0.2, 0) is 4.79 Å². The molecule has 0 radical (unpaired) electrons. The molecule has 2 aromatic carbocycles. The van der Waals surface area contributed by atoms with Crippen LogP contribution in [0.4, 0.5) is 5.82 Å². The number of phenolic OH excluding ortho intramolecular Hbond substituents is 1. The van der Waals surface area contributed by atoms with Gasteiger partial charge in [0.15, 0.2) is 0 Å². The normalized spacial score (nSPS) is 11.9. The first-order chi connectivity index (χ1) is 14.4. The van der Waals surface area contributed by atoms with E-state index >= 15 is 0 Å². The number of hydrogen-bond donors (Lipinski definition) is 3. The Hall–Kier alpha value is -4.31. The van der Waals surface area contributed by atoms with E-state index in [1.165, 1.54) is 12.1 Å². The molecular formula is C23H18N4O3. The number of pyridine rings is 1. The first-order valence-corrected chi connectivity index (χ1v) is 9.23. The molecule has 7 heteroatoms. The Bertz CT molecular complexity index is 1320. The summed E-state index contributed by atoms with van der Waals surface area (Å²) in [7, 11) is 0. The van der Waals surface area contributed by atoms with E-state index in [9.17, 15) is 20.3 Å². The number of aromatic nitrogens is 2. The molecule has 0 saturated carbocycles. The number of nitrogens with zero attached hydrogens (tertiary/aromatic N) is 3. The van der Waals surface area contributed by atoms with Crippen LogP contribution >= 0.6 is 0 Å². The summed E-state index contributed by atoms with van der Waals surface area (Å²) >= 11 is 0. The van der Waals surface area contributed by atoms with Gasteiger partial charge in [0.2, 0.25) is 0 Å². The molecule has 0 aliphatic heterocycles. The molecule has 0 saturated heterocycles. The Kier molecular flexibility index (Phi) is 4.60. The third kappa shape index (κ3) is 3.10. The second-order valence-corrected chi connectivity index (χ2v) is 6.96. The van der Waals surface area contributed by atoms with E-state index in [-0.39, 0.29) is 17.1 Å². The summed E-state index contributed by atoms with van der Waals surface area (Å²) in [4.78, 5) is 16.0. The third-order valence-corrected chi connectivity index (χ3v) is 5.13. The van der Waals surface area contributed by atoms with Gasteiger partial charge < -0.3 is 20.5 Å². The fraction of sp³-hybridized carbons (Fsp3) is 0.0870. The van der Waals surface area contributed by atoms with E-state index < -0.39 is 12.0 Å². The van der Waals surface area contributed by atoms with E-state index in [1.54, 1.807) is 35.9 Å². The van der Waals surface area contributed by atoms with Crippen molar-refractivity contribution in [1.29, 1.82) is 5.26 Å². The van der Waals surface area contributed by atoms with Gasteiger partial charge >= 0.3 is 5.97 Å². The Labute approximate surface area is 172 Å². The highest BCUT2D eigenvalue weighted by molar-refractivity contribution is 5.97. The number of phenols is 1. The average Bonchev–Trinajstić information content (AvgIpc) is 3.13. The van der Waals surface area contributed by atoms with Crippen LogP contribution in [0.25, 0.3) is 33.3 Å². The fourth-order valence-electron chi connectivity index (χ4n) is 3.54. The fourth-order valence-corrected chi connectivity index (χ4v) is 3.54. The highest BCUT2D eigenvalue weighted by Gasteiger charge is 2.21. The van der Waals surface area contributed by atoms with Gasteiger partial charge in [-0.15, -0.1) is 0 Å². The molecule has 0 aliphatic carbocycles. The van der Waals surface area contributed by atoms with E-state index in [4.69, 9.17) is 5.73 Å². The van der Waals surface area contributed by atoms with Gasteiger partial charge in [-0.05, 0) is 36.8 Å². The lowest BCUT2D eigenvalue weighted by molar-refractivity contribution is -0.140. The molecule has 1 atom stereocenters. The van der Waals surface area contributed by atoms with Crippen LogP contribution in [0.1, 0.15) is 18.5 Å². The van der Waals surface area contributed by atoms with Gasteiger partial charge in [0.05, 0.1) is 5.69 Å². The van der Waals surface area contributed by atoms with Gasteiger partial charge in [0.1, 0.15) is 29.2 Å². The molecule has 0 aliphatic rings. The number of benzene rings is 2. The molecule has 148 valence electrons. The van der Waals surface area contributed by atoms with Gasteiger partial charge in [-0.3, -0.25) is 0 Å². The standard InChI is InChI=1S/C23H18N4O3/c1-13(23(29)30)27-12-19(16-4-2-3-5-21(16)27)20-10-17(18(11-24)22(25)26-20)14-6-8-15(28)9-7-14/h2-10,12-13,28H,1H3,(H2,25,26)(H,29,30). The van der Waals surface area contributed by atoms with Crippen molar-refractivity contribution in [2.45, 2.75) is 13.0 Å². The molecule has 2 aromatic heterocycles. The van der Waals surface area contributed by atoms with Crippen molar-refractivity contribution in [2.75, 3.05) is 5.73 Å². The number of aliphatic carboxylic acids is 1. The van der Waals surface area contributed by atoms with Gasteiger partial charge in [-0.1, -0.05) is 30.3 Å². The Morgan fingerprint density at radius 2 is 1.87 bits per heavy atom. The molecular weight excluding hydrogens is 380 g/mol. The maximum absolute atomic E-state index is 11.6. The average molecular weight is 398 g/mol. The lowest BCUT2D eigenvalue weighted by atomic mass is 9.98. The third-order valence-electron chi connectivity index (χ3n) is 5.13. The molecule has 0 fully saturated rings. The van der Waals surface area contributed by atoms with Gasteiger partial charge in [-0.25, -0.2) is 9.78 Å². The Morgan fingerprint density at radius 1 is 1.17 bits per heavy atom. The second-order valence-electron chi connectivity index (χ2n) is 6.96. The van der Waals surface area contributed by atoms with E-state index in [1.807, 2.05) is 24.3 Å². The molecule has 0 spiro atoms. The first-order valence-electron chi connectivity index (χ1n) is 9.23. The smallest absolute Gasteiger partial charge is 0.326 e. The van der Waals surface area contributed by atoms with Crippen LogP contribution in [0.3, 0.4) is 0 Å². The van der Waals surface area contributed by atoms with E-state index in [0.717, 1.165) is 16.5 Å². The summed E-state index contributed by atoms with van der Waals surface area (Å²) in [5, 5.41) is 29.5. The number of carboxylic acids is 1. The maximum Gasteiger partial charge on any atom is 0.326 e. The summed E-state index contributed by atoms with van der Waals surface area (Å²) < 4.78 is 1.68. The van der Waals surface area contributed by atoms with Gasteiger partial charge in [0, 0.05) is 28.2 Å². The second kappa shape index (κ2) is 7.26. The number of nitrogens with two attached hydrogens (primary N) is 1. The van der Waals surface area contributed by atoms with Crippen molar-refractivity contribution in [1.82, 2.24) is 9.55 Å². The number of nitriles is 1. The molecule has 4 aromatic rings. The van der Waals surface area contributed by atoms with Crippen molar-refractivity contribution >= 4 is 22.7 Å². The minimum Gasteiger partial charge on any atom is -0.508 e. The number of anilines is 1. The quantitative estimate of drug-likeness (QED) is 0.474. The van der Waals surface area contributed by atoms with Crippen LogP contribution in [0, 0.1) is 11.3 Å². The number of fused-ring (bicyclic) bond motifs is 1. The lowest BCUT2D eigenvalue weighted by Crippen LogP contribution is -2.14. The monoisotopic (exact) mass is 398 g/mol. The summed E-state index contributed by atoms with van der Waals surface area (Å²) in [6, 6.07) is 17.0. The molecule has 0 amide bonds. The van der Waals surface area contributed by atoms with Crippen molar-refractivity contribution < 1.29 is 15.0 Å². The summed E-state index contributed by atoms with van der Waals surface area (Å²) in [6.45, 7) is 1.61. The number of carboxylic acid groups (broad SMARTS) is 1. The number of nitrogen functional groups attached to an aromatic ring is 1. The molecule has 4 rings (SSSR count). The number of aromatic hydroxyl groups is 1. The molecule has 7 nitrogen and oxygen atoms in total. The van der Waals surface area contributed by atoms with Crippen molar-refractivity contribution in [2.24, 2.45) is 0 Å². The number of para-hydroxylation sites is 1. The zero-order valence-electron chi connectivity index (χ0n) is 16.1. The predicted molar refractivity (Wildman–Crippen MR) is 114 cm³/mol. The minimum absolute atomic E-state index is 0.0844. The maximum atomic E-state index is 11.6. The lowest BCUT2D eigenvalue weighted by Gasteiger charge is -2.10. The van der Waals surface area contributed by atoms with Crippen LogP contribution in [-0.4, -0.2) is 25.7 Å². The largest absolute Gasteiger partial charge is 0.508 e. The highest BCUT2D eigenvalue weighted by Crippen LogP contribution is 2.36. The summed E-state index contributed by atoms with van der Waals surface area (Å²) in [6.07, 6.45) is 1.75. The minimum atomic E-state index is -0.945. The molecule has 4 N–H and O–H groups in total. The molecule has 1 unspecified atom stereocenters. The molecule has 0 bridgehead atoms. The summed E-state index contributed by atoms with van der Waals surface area (Å²) in [5.41, 5.74) is 9.66. The van der Waals surface area contributed by atoms with E-state index in [0.29, 0.717) is 16.8 Å². The van der Waals surface area contributed by atoms with Crippen molar-refractivity contribution in [3.05, 3.63) is 66.4 Å². The highest BCUT2D eigenvalue weighted by atomic mass is 16.4. The van der Waals surface area contributed by atoms with Gasteiger partial charge in [0.25, 0.3) is 0 Å². The molecule has 2 heterocycles. The van der Waals surface area contributed by atoms with Crippen molar-refractivity contribution in [3.63, 3.8) is 0 Å². The van der Waals surface area contributed by atoms with Crippen molar-refractivity contribution in [3.8, 4) is 34.2 Å². The SMILES string of the molecule is CC(C(=O)O)n1cc(-c2cc(-c3ccc(O)cc3)c(C#N)c(N)n2)c2ccccc21. The zero-order chi connectivity index (χ0) is 21.4. The number of rotatable bonds is 4. The molecule has 30 heavy (non-hydrogen) atoms. The van der Waals surface area contributed by atoms with Gasteiger partial charge in [-0.2, -0.15) is 5.26 Å². The van der Waals surface area contributed by atoms with E-state index in [2.05, 4.69) is 11.1 Å². The van der Waals surface area contributed by atoms with Crippen LogP contribution in [0.15, 0.2) is 60.8 Å². The Balaban J connectivity index is 1.98. The summed E-state index contributed by atoms with van der Waals surface area (Å²) in [5.74, 6) is -0.745. The van der Waals surface area contributed by atoms with Crippen LogP contribution in [0.2, 0.25) is 0 Å². The number of hydrogen-bond acceptors (Lipinski definition) is 5. The van der Waals surface area contributed by atoms with Crippen LogP contribution in [0.5, 0.6) is 5.75 Å². The Morgan fingerprint density at radius 3 is 2.53 bits per heavy atom.